The second-order valence-electron chi connectivity index (χ2n) is 9.86. The SMILES string of the molecule is Cc1nc(N(C)C(=O)C2Cc3ccc(-c4cccc(N(C)C)n4)cc3C2)sc1S(=O)(=O)CC1CC1. The smallest absolute Gasteiger partial charge is 0.232 e. The van der Waals surface area contributed by atoms with Crippen LogP contribution in [0.3, 0.4) is 0 Å². The van der Waals surface area contributed by atoms with Gasteiger partial charge in [0, 0.05) is 32.6 Å². The third-order valence-electron chi connectivity index (χ3n) is 6.77. The van der Waals surface area contributed by atoms with Gasteiger partial charge in [-0.25, -0.2) is 18.4 Å². The molecule has 2 heterocycles. The van der Waals surface area contributed by atoms with Crippen LogP contribution in [-0.2, 0) is 27.5 Å². The third-order valence-corrected chi connectivity index (χ3v) is 10.6. The van der Waals surface area contributed by atoms with Gasteiger partial charge in [0.25, 0.3) is 0 Å². The molecule has 1 saturated carbocycles. The van der Waals surface area contributed by atoms with Crippen molar-refractivity contribution in [3.8, 4) is 11.3 Å². The van der Waals surface area contributed by atoms with Gasteiger partial charge in [-0.2, -0.15) is 0 Å². The van der Waals surface area contributed by atoms with E-state index in [0.29, 0.717) is 27.9 Å². The normalized spacial score (nSPS) is 17.3. The largest absolute Gasteiger partial charge is 0.363 e. The fourth-order valence-electron chi connectivity index (χ4n) is 4.62. The number of thiazole rings is 1. The van der Waals surface area contributed by atoms with E-state index in [1.54, 1.807) is 14.0 Å². The van der Waals surface area contributed by atoms with Gasteiger partial charge in [0.05, 0.1) is 17.1 Å². The van der Waals surface area contributed by atoms with E-state index in [1.807, 2.05) is 37.2 Å². The maximum absolute atomic E-state index is 13.4. The highest BCUT2D eigenvalue weighted by Gasteiger charge is 2.34. The van der Waals surface area contributed by atoms with Crippen molar-refractivity contribution in [2.45, 2.75) is 36.8 Å². The van der Waals surface area contributed by atoms with E-state index in [1.165, 1.54) is 10.5 Å². The summed E-state index contributed by atoms with van der Waals surface area (Å²) in [6, 6.07) is 12.3. The van der Waals surface area contributed by atoms with Crippen LogP contribution in [0.15, 0.2) is 40.6 Å². The number of fused-ring (bicyclic) bond motifs is 1. The molecule has 2 aromatic heterocycles. The minimum atomic E-state index is -3.36. The van der Waals surface area contributed by atoms with Crippen molar-refractivity contribution in [2.24, 2.45) is 11.8 Å². The molecule has 0 saturated heterocycles. The van der Waals surface area contributed by atoms with Crippen LogP contribution < -0.4 is 9.80 Å². The summed E-state index contributed by atoms with van der Waals surface area (Å²) in [6.45, 7) is 1.71. The van der Waals surface area contributed by atoms with Gasteiger partial charge in [-0.1, -0.05) is 29.5 Å². The van der Waals surface area contributed by atoms with Gasteiger partial charge >= 0.3 is 0 Å². The number of pyridine rings is 1. The Balaban J connectivity index is 1.32. The summed E-state index contributed by atoms with van der Waals surface area (Å²) in [7, 11) is 2.28. The zero-order chi connectivity index (χ0) is 24.9. The number of aromatic nitrogens is 2. The van der Waals surface area contributed by atoms with Crippen molar-refractivity contribution in [1.29, 1.82) is 0 Å². The van der Waals surface area contributed by atoms with Gasteiger partial charge in [0.1, 0.15) is 10.0 Å². The summed E-state index contributed by atoms with van der Waals surface area (Å²) >= 11 is 1.11. The molecule has 0 bridgehead atoms. The first-order valence-electron chi connectivity index (χ1n) is 11.9. The Morgan fingerprint density at radius 2 is 1.80 bits per heavy atom. The number of rotatable bonds is 7. The van der Waals surface area contributed by atoms with E-state index in [0.717, 1.165) is 46.8 Å². The molecule has 184 valence electrons. The summed E-state index contributed by atoms with van der Waals surface area (Å²) < 4.78 is 25.9. The van der Waals surface area contributed by atoms with Crippen molar-refractivity contribution < 1.29 is 13.2 Å². The maximum Gasteiger partial charge on any atom is 0.232 e. The number of amides is 1. The Labute approximate surface area is 210 Å². The molecular formula is C26H30N4O3S2. The minimum absolute atomic E-state index is 0.0321. The number of nitrogens with zero attached hydrogens (tertiary/aromatic N) is 4. The molecular weight excluding hydrogens is 480 g/mol. The number of aryl methyl sites for hydroxylation is 1. The van der Waals surface area contributed by atoms with Crippen LogP contribution in [0.1, 0.15) is 29.7 Å². The number of sulfone groups is 1. The molecule has 2 aliphatic rings. The highest BCUT2D eigenvalue weighted by atomic mass is 32.2. The fourth-order valence-corrected chi connectivity index (χ4v) is 7.93. The second kappa shape index (κ2) is 9.02. The molecule has 7 nitrogen and oxygen atoms in total. The fraction of sp³-hybridized carbons (Fsp3) is 0.423. The third kappa shape index (κ3) is 4.84. The van der Waals surface area contributed by atoms with E-state index in [-0.39, 0.29) is 23.5 Å². The van der Waals surface area contributed by atoms with Crippen molar-refractivity contribution in [2.75, 3.05) is 36.7 Å². The van der Waals surface area contributed by atoms with Crippen LogP contribution in [0.5, 0.6) is 0 Å². The molecule has 1 unspecified atom stereocenters. The summed E-state index contributed by atoms with van der Waals surface area (Å²) in [5.41, 5.74) is 4.76. The molecule has 9 heteroatoms. The Morgan fingerprint density at radius 1 is 1.06 bits per heavy atom. The van der Waals surface area contributed by atoms with Gasteiger partial charge in [-0.15, -0.1) is 0 Å². The van der Waals surface area contributed by atoms with Gasteiger partial charge in [-0.05, 0) is 67.9 Å². The average molecular weight is 511 g/mol. The number of carbonyl (C=O) groups excluding carboxylic acids is 1. The molecule has 0 spiro atoms. The molecule has 1 fully saturated rings. The Bertz CT molecular complexity index is 1390. The lowest BCUT2D eigenvalue weighted by Crippen LogP contribution is -2.33. The van der Waals surface area contributed by atoms with E-state index in [9.17, 15) is 13.2 Å². The molecule has 35 heavy (non-hydrogen) atoms. The number of benzene rings is 1. The van der Waals surface area contributed by atoms with Crippen LogP contribution in [-0.4, -0.2) is 51.2 Å². The van der Waals surface area contributed by atoms with Crippen LogP contribution in [0.4, 0.5) is 10.9 Å². The van der Waals surface area contributed by atoms with Crippen molar-refractivity contribution in [3.05, 3.63) is 53.2 Å². The first-order valence-corrected chi connectivity index (χ1v) is 14.3. The zero-order valence-corrected chi connectivity index (χ0v) is 22.1. The lowest BCUT2D eigenvalue weighted by Gasteiger charge is -2.18. The van der Waals surface area contributed by atoms with E-state index >= 15 is 0 Å². The standard InChI is InChI=1S/C26H30N4O3S2/c1-16-25(35(32,33)15-17-8-9-17)34-26(27-16)30(4)24(31)21-12-18-10-11-19(13-20(18)14-21)22-6-5-7-23(28-22)29(2)3/h5-7,10-11,13,17,21H,8-9,12,14-15H2,1-4H3. The Hall–Kier alpha value is -2.78. The lowest BCUT2D eigenvalue weighted by atomic mass is 10.0. The number of hydrogen-bond donors (Lipinski definition) is 0. The molecule has 5 rings (SSSR count). The van der Waals surface area contributed by atoms with Gasteiger partial charge < -0.3 is 4.90 Å². The van der Waals surface area contributed by atoms with Gasteiger partial charge in [0.2, 0.25) is 5.91 Å². The zero-order valence-electron chi connectivity index (χ0n) is 20.5. The van der Waals surface area contributed by atoms with Crippen molar-refractivity contribution >= 4 is 38.0 Å². The number of hydrogen-bond acceptors (Lipinski definition) is 7. The highest BCUT2D eigenvalue weighted by Crippen LogP contribution is 2.37. The molecule has 1 amide bonds. The van der Waals surface area contributed by atoms with Gasteiger partial charge in [-0.3, -0.25) is 9.69 Å². The molecule has 1 aromatic carbocycles. The number of anilines is 2. The van der Waals surface area contributed by atoms with E-state index in [4.69, 9.17) is 4.98 Å². The monoisotopic (exact) mass is 510 g/mol. The molecule has 3 aromatic rings. The predicted octanol–water partition coefficient (Wildman–Crippen LogP) is 4.14. The van der Waals surface area contributed by atoms with Crippen LogP contribution >= 0.6 is 11.3 Å². The summed E-state index contributed by atoms with van der Waals surface area (Å²) in [5, 5.41) is 0.447. The first-order chi connectivity index (χ1) is 16.6. The Kier molecular flexibility index (Phi) is 6.17. The molecule has 0 aliphatic heterocycles. The topological polar surface area (TPSA) is 83.5 Å². The molecule has 0 radical (unpaired) electrons. The van der Waals surface area contributed by atoms with Gasteiger partial charge in [0.15, 0.2) is 15.0 Å². The Morgan fingerprint density at radius 3 is 2.51 bits per heavy atom. The van der Waals surface area contributed by atoms with Crippen molar-refractivity contribution in [3.63, 3.8) is 0 Å². The summed E-state index contributed by atoms with van der Waals surface area (Å²) in [4.78, 5) is 26.1. The summed E-state index contributed by atoms with van der Waals surface area (Å²) in [5.74, 6) is 1.12. The molecule has 1 atom stereocenters. The number of carbonyl (C=O) groups is 1. The molecule has 2 aliphatic carbocycles. The van der Waals surface area contributed by atoms with E-state index < -0.39 is 9.84 Å². The first kappa shape index (κ1) is 23.9. The second-order valence-corrected chi connectivity index (χ2v) is 13.1. The quantitative estimate of drug-likeness (QED) is 0.475. The van der Waals surface area contributed by atoms with Crippen LogP contribution in [0.2, 0.25) is 0 Å². The molecule has 0 N–H and O–H groups in total. The summed E-state index contributed by atoms with van der Waals surface area (Å²) in [6.07, 6.45) is 3.27. The minimum Gasteiger partial charge on any atom is -0.363 e. The maximum atomic E-state index is 13.4. The van der Waals surface area contributed by atoms with Crippen LogP contribution in [0, 0.1) is 18.8 Å². The lowest BCUT2D eigenvalue weighted by molar-refractivity contribution is -0.121. The van der Waals surface area contributed by atoms with Crippen molar-refractivity contribution in [1.82, 2.24) is 9.97 Å². The van der Waals surface area contributed by atoms with Crippen LogP contribution in [0.25, 0.3) is 11.3 Å². The predicted molar refractivity (Wildman–Crippen MR) is 140 cm³/mol. The average Bonchev–Trinajstić information content (AvgIpc) is 3.37. The van der Waals surface area contributed by atoms with E-state index in [2.05, 4.69) is 23.2 Å². The highest BCUT2D eigenvalue weighted by molar-refractivity contribution is 7.93.